The Morgan fingerprint density at radius 3 is 2.15 bits per heavy atom. The van der Waals surface area contributed by atoms with Gasteiger partial charge in [-0.05, 0) is 49.1 Å². The van der Waals surface area contributed by atoms with Crippen LogP contribution in [0.1, 0.15) is 36.1 Å². The number of halogens is 1. The van der Waals surface area contributed by atoms with Gasteiger partial charge >= 0.3 is 0 Å². The minimum absolute atomic E-state index is 0.234. The van der Waals surface area contributed by atoms with Crippen molar-refractivity contribution in [2.24, 2.45) is 0 Å². The van der Waals surface area contributed by atoms with Gasteiger partial charge in [0.1, 0.15) is 5.82 Å². The number of hydrogen-bond donors (Lipinski definition) is 1. The Bertz CT molecular complexity index is 284. The SMILES string of the molecule is CC[C@@H](O)c1c(C)cc(F)cc1C. The molecule has 0 amide bonds. The molecule has 0 saturated carbocycles. The van der Waals surface area contributed by atoms with E-state index < -0.39 is 6.10 Å². The van der Waals surface area contributed by atoms with Crippen molar-refractivity contribution in [3.63, 3.8) is 0 Å². The Labute approximate surface area is 78.2 Å². The molecule has 13 heavy (non-hydrogen) atoms. The number of hydrogen-bond acceptors (Lipinski definition) is 1. The molecule has 1 atom stereocenters. The molecule has 0 aliphatic carbocycles. The van der Waals surface area contributed by atoms with Crippen LogP contribution in [-0.2, 0) is 0 Å². The van der Waals surface area contributed by atoms with Crippen molar-refractivity contribution in [1.29, 1.82) is 0 Å². The van der Waals surface area contributed by atoms with Crippen molar-refractivity contribution >= 4 is 0 Å². The van der Waals surface area contributed by atoms with Crippen molar-refractivity contribution in [2.45, 2.75) is 33.3 Å². The van der Waals surface area contributed by atoms with Crippen LogP contribution in [0, 0.1) is 19.7 Å². The molecule has 0 unspecified atom stereocenters. The maximum Gasteiger partial charge on any atom is 0.123 e. The van der Waals surface area contributed by atoms with Crippen LogP contribution < -0.4 is 0 Å². The first-order chi connectivity index (χ1) is 6.06. The van der Waals surface area contributed by atoms with Crippen LogP contribution in [0.2, 0.25) is 0 Å². The average molecular weight is 182 g/mol. The third-order valence-corrected chi connectivity index (χ3v) is 2.28. The highest BCUT2D eigenvalue weighted by Gasteiger charge is 2.11. The molecular formula is C11H15FO. The minimum Gasteiger partial charge on any atom is -0.388 e. The second kappa shape index (κ2) is 3.88. The second-order valence-corrected chi connectivity index (χ2v) is 3.38. The summed E-state index contributed by atoms with van der Waals surface area (Å²) in [4.78, 5) is 0. The van der Waals surface area contributed by atoms with Crippen LogP contribution in [0.25, 0.3) is 0 Å². The summed E-state index contributed by atoms with van der Waals surface area (Å²) in [5.74, 6) is -0.234. The van der Waals surface area contributed by atoms with E-state index in [0.29, 0.717) is 6.42 Å². The quantitative estimate of drug-likeness (QED) is 0.745. The normalized spacial score (nSPS) is 13.0. The van der Waals surface area contributed by atoms with E-state index in [1.54, 1.807) is 0 Å². The largest absolute Gasteiger partial charge is 0.388 e. The molecule has 0 bridgehead atoms. The molecule has 1 rings (SSSR count). The molecule has 0 radical (unpaired) electrons. The van der Waals surface area contributed by atoms with Crippen molar-refractivity contribution in [1.82, 2.24) is 0 Å². The molecule has 1 aromatic carbocycles. The van der Waals surface area contributed by atoms with E-state index in [0.717, 1.165) is 16.7 Å². The molecule has 2 heteroatoms. The van der Waals surface area contributed by atoms with Crippen LogP contribution in [-0.4, -0.2) is 5.11 Å². The van der Waals surface area contributed by atoms with Gasteiger partial charge in [-0.2, -0.15) is 0 Å². The van der Waals surface area contributed by atoms with E-state index in [2.05, 4.69) is 0 Å². The van der Waals surface area contributed by atoms with Crippen molar-refractivity contribution in [3.8, 4) is 0 Å². The first-order valence-corrected chi connectivity index (χ1v) is 4.51. The predicted molar refractivity (Wildman–Crippen MR) is 51.1 cm³/mol. The van der Waals surface area contributed by atoms with Crippen LogP contribution >= 0.6 is 0 Å². The lowest BCUT2D eigenvalue weighted by molar-refractivity contribution is 0.172. The zero-order chi connectivity index (χ0) is 10.0. The maximum atomic E-state index is 12.9. The first-order valence-electron chi connectivity index (χ1n) is 4.51. The summed E-state index contributed by atoms with van der Waals surface area (Å²) < 4.78 is 12.9. The third-order valence-electron chi connectivity index (χ3n) is 2.28. The lowest BCUT2D eigenvalue weighted by atomic mass is 9.96. The van der Waals surface area contributed by atoms with Crippen LogP contribution in [0.5, 0.6) is 0 Å². The van der Waals surface area contributed by atoms with Gasteiger partial charge in [0.25, 0.3) is 0 Å². The zero-order valence-corrected chi connectivity index (χ0v) is 8.26. The summed E-state index contributed by atoms with van der Waals surface area (Å²) in [7, 11) is 0. The predicted octanol–water partition coefficient (Wildman–Crippen LogP) is 2.89. The van der Waals surface area contributed by atoms with Gasteiger partial charge in [0.05, 0.1) is 6.10 Å². The van der Waals surface area contributed by atoms with Crippen LogP contribution in [0.15, 0.2) is 12.1 Å². The first kappa shape index (κ1) is 10.2. The zero-order valence-electron chi connectivity index (χ0n) is 8.26. The standard InChI is InChI=1S/C11H15FO/c1-4-10(13)11-7(2)5-9(12)6-8(11)3/h5-6,10,13H,4H2,1-3H3/t10-/m1/s1. The molecule has 1 nitrogen and oxygen atoms in total. The number of aryl methyl sites for hydroxylation is 2. The van der Waals surface area contributed by atoms with Crippen molar-refractivity contribution in [2.75, 3.05) is 0 Å². The summed E-state index contributed by atoms with van der Waals surface area (Å²) in [5, 5.41) is 9.66. The van der Waals surface area contributed by atoms with Crippen molar-refractivity contribution in [3.05, 3.63) is 34.6 Å². The van der Waals surface area contributed by atoms with Gasteiger partial charge in [0.15, 0.2) is 0 Å². The van der Waals surface area contributed by atoms with Crippen LogP contribution in [0.3, 0.4) is 0 Å². The van der Waals surface area contributed by atoms with Gasteiger partial charge < -0.3 is 5.11 Å². The van der Waals surface area contributed by atoms with Gasteiger partial charge in [-0.25, -0.2) is 4.39 Å². The summed E-state index contributed by atoms with van der Waals surface area (Å²) in [6.45, 7) is 5.56. The van der Waals surface area contributed by atoms with E-state index in [-0.39, 0.29) is 5.82 Å². The molecule has 1 N–H and O–H groups in total. The Balaban J connectivity index is 3.20. The van der Waals surface area contributed by atoms with Gasteiger partial charge in [0, 0.05) is 0 Å². The molecule has 0 heterocycles. The van der Waals surface area contributed by atoms with E-state index in [9.17, 15) is 9.50 Å². The molecule has 0 spiro atoms. The van der Waals surface area contributed by atoms with Crippen molar-refractivity contribution < 1.29 is 9.50 Å². The average Bonchev–Trinajstić information content (AvgIpc) is 2.02. The minimum atomic E-state index is -0.472. The lowest BCUT2D eigenvalue weighted by Crippen LogP contribution is -2.02. The lowest BCUT2D eigenvalue weighted by Gasteiger charge is -2.14. The van der Waals surface area contributed by atoms with E-state index in [1.165, 1.54) is 12.1 Å². The van der Waals surface area contributed by atoms with E-state index in [1.807, 2.05) is 20.8 Å². The van der Waals surface area contributed by atoms with Crippen LogP contribution in [0.4, 0.5) is 4.39 Å². The fourth-order valence-corrected chi connectivity index (χ4v) is 1.65. The maximum absolute atomic E-state index is 12.9. The Kier molecular flexibility index (Phi) is 3.04. The fourth-order valence-electron chi connectivity index (χ4n) is 1.65. The molecule has 0 saturated heterocycles. The van der Waals surface area contributed by atoms with E-state index in [4.69, 9.17) is 0 Å². The topological polar surface area (TPSA) is 20.2 Å². The third kappa shape index (κ3) is 2.07. The number of aliphatic hydroxyl groups excluding tert-OH is 1. The summed E-state index contributed by atoms with van der Waals surface area (Å²) in [6, 6.07) is 2.92. The number of rotatable bonds is 2. The molecule has 0 aliphatic heterocycles. The Hall–Kier alpha value is -0.890. The fraction of sp³-hybridized carbons (Fsp3) is 0.455. The monoisotopic (exact) mass is 182 g/mol. The smallest absolute Gasteiger partial charge is 0.123 e. The highest BCUT2D eigenvalue weighted by atomic mass is 19.1. The summed E-state index contributed by atoms with van der Waals surface area (Å²) in [6.07, 6.45) is 0.188. The summed E-state index contributed by atoms with van der Waals surface area (Å²) >= 11 is 0. The Morgan fingerprint density at radius 2 is 1.77 bits per heavy atom. The second-order valence-electron chi connectivity index (χ2n) is 3.38. The number of benzene rings is 1. The highest BCUT2D eigenvalue weighted by Crippen LogP contribution is 2.24. The molecule has 0 aromatic heterocycles. The van der Waals surface area contributed by atoms with Gasteiger partial charge in [0.2, 0.25) is 0 Å². The summed E-state index contributed by atoms with van der Waals surface area (Å²) in [5.41, 5.74) is 2.52. The van der Waals surface area contributed by atoms with Gasteiger partial charge in [-0.1, -0.05) is 6.92 Å². The molecule has 0 aliphatic rings. The number of aliphatic hydroxyl groups is 1. The van der Waals surface area contributed by atoms with Gasteiger partial charge in [-0.15, -0.1) is 0 Å². The molecular weight excluding hydrogens is 167 g/mol. The van der Waals surface area contributed by atoms with E-state index >= 15 is 0 Å². The molecule has 72 valence electrons. The van der Waals surface area contributed by atoms with Gasteiger partial charge in [-0.3, -0.25) is 0 Å². The Morgan fingerprint density at radius 1 is 1.31 bits per heavy atom. The molecule has 0 fully saturated rings. The molecule has 1 aromatic rings. The highest BCUT2D eigenvalue weighted by molar-refractivity contribution is 5.35.